The molecule has 1 aromatic carbocycles. The predicted molar refractivity (Wildman–Crippen MR) is 149 cm³/mol. The van der Waals surface area contributed by atoms with Crippen LogP contribution in [0.25, 0.3) is 11.0 Å². The van der Waals surface area contributed by atoms with Crippen LogP contribution >= 0.6 is 34.5 Å². The fourth-order valence-corrected chi connectivity index (χ4v) is 5.40. The first-order chi connectivity index (χ1) is 17.5. The van der Waals surface area contributed by atoms with Gasteiger partial charge in [-0.3, -0.25) is 14.6 Å². The number of nitrogens with zero attached hydrogens (tertiary/aromatic N) is 2. The molecular formula is C25H28Cl2N6O2S. The van der Waals surface area contributed by atoms with E-state index in [2.05, 4.69) is 49.4 Å². The average Bonchev–Trinajstić information content (AvgIpc) is 3.50. The van der Waals surface area contributed by atoms with Crippen molar-refractivity contribution in [1.29, 1.82) is 0 Å². The van der Waals surface area contributed by atoms with Crippen molar-refractivity contribution < 1.29 is 4.79 Å². The molecule has 0 aliphatic rings. The molecule has 3 aromatic heterocycles. The molecule has 0 bridgehead atoms. The van der Waals surface area contributed by atoms with E-state index in [1.807, 2.05) is 12.1 Å². The Balaban J connectivity index is 1.27. The van der Waals surface area contributed by atoms with Crippen LogP contribution in [0.2, 0.25) is 0 Å². The third kappa shape index (κ3) is 6.40. The smallest absolute Gasteiger partial charge is 0.262 e. The molecule has 0 aliphatic heterocycles. The lowest BCUT2D eigenvalue weighted by Gasteiger charge is -2.23. The first-order valence-corrected chi connectivity index (χ1v) is 13.6. The number of nitrogens with one attached hydrogen (secondary N) is 3. The molecule has 8 nitrogen and oxygen atoms in total. The second-order valence-electron chi connectivity index (χ2n) is 8.29. The number of aryl methyl sites for hydroxylation is 2. The minimum absolute atomic E-state index is 0.0820. The van der Waals surface area contributed by atoms with Crippen LogP contribution in [-0.2, 0) is 19.3 Å². The maximum absolute atomic E-state index is 12.6. The van der Waals surface area contributed by atoms with Gasteiger partial charge in [-0.15, -0.1) is 34.5 Å². The number of benzene rings is 1. The normalized spacial score (nSPS) is 11.2. The standard InChI is InChI=1S/C25H28Cl2N6O2S/c26-10-13-33(14-11-27)18-4-1-16(2-5-18)9-12-29-23(34)20-8-7-19(36-20)6-3-17-15-30-22-21(17)24(35)32-25(28)31-22/h1-2,4-5,7-8,15H,3,6,9-14H2,(H,29,34)(H4,28,30,31,32,35). The van der Waals surface area contributed by atoms with Gasteiger partial charge in [-0.1, -0.05) is 12.1 Å². The number of aromatic nitrogens is 3. The molecule has 0 fully saturated rings. The average molecular weight is 548 g/mol. The van der Waals surface area contributed by atoms with Crippen LogP contribution in [-0.4, -0.2) is 52.3 Å². The van der Waals surface area contributed by atoms with Crippen LogP contribution in [0.1, 0.15) is 25.7 Å². The second-order valence-corrected chi connectivity index (χ2v) is 10.2. The van der Waals surface area contributed by atoms with Crippen LogP contribution in [0.5, 0.6) is 0 Å². The zero-order chi connectivity index (χ0) is 25.5. The zero-order valence-corrected chi connectivity index (χ0v) is 22.0. The Bertz CT molecular complexity index is 1360. The molecule has 0 aliphatic carbocycles. The number of thiophene rings is 1. The van der Waals surface area contributed by atoms with Gasteiger partial charge in [-0.2, -0.15) is 4.98 Å². The maximum Gasteiger partial charge on any atom is 0.262 e. The number of rotatable bonds is 12. The summed E-state index contributed by atoms with van der Waals surface area (Å²) in [7, 11) is 0. The highest BCUT2D eigenvalue weighted by molar-refractivity contribution is 7.14. The maximum atomic E-state index is 12.6. The van der Waals surface area contributed by atoms with Gasteiger partial charge in [0.25, 0.3) is 11.5 Å². The predicted octanol–water partition coefficient (Wildman–Crippen LogP) is 3.94. The Morgan fingerprint density at radius 3 is 2.53 bits per heavy atom. The largest absolute Gasteiger partial charge is 0.369 e. The van der Waals surface area contributed by atoms with Crippen molar-refractivity contribution in [2.24, 2.45) is 0 Å². The van der Waals surface area contributed by atoms with Crippen molar-refractivity contribution in [2.45, 2.75) is 19.3 Å². The molecular weight excluding hydrogens is 519 g/mol. The van der Waals surface area contributed by atoms with E-state index in [1.54, 1.807) is 6.20 Å². The molecule has 4 rings (SSSR count). The first kappa shape index (κ1) is 26.1. The summed E-state index contributed by atoms with van der Waals surface area (Å²) in [6.07, 6.45) is 3.89. The molecule has 36 heavy (non-hydrogen) atoms. The fraction of sp³-hybridized carbons (Fsp3) is 0.320. The van der Waals surface area contributed by atoms with E-state index in [0.717, 1.165) is 41.2 Å². The Morgan fingerprint density at radius 1 is 1.06 bits per heavy atom. The van der Waals surface area contributed by atoms with Crippen LogP contribution in [0, 0.1) is 0 Å². The van der Waals surface area contributed by atoms with Crippen LogP contribution < -0.4 is 21.5 Å². The Labute approximate surface area is 222 Å². The Hall–Kier alpha value is -3.01. The van der Waals surface area contributed by atoms with E-state index >= 15 is 0 Å². The summed E-state index contributed by atoms with van der Waals surface area (Å²) in [6.45, 7) is 2.05. The molecule has 3 heterocycles. The molecule has 0 saturated heterocycles. The lowest BCUT2D eigenvalue weighted by atomic mass is 10.1. The summed E-state index contributed by atoms with van der Waals surface area (Å²) >= 11 is 13.2. The molecule has 0 spiro atoms. The summed E-state index contributed by atoms with van der Waals surface area (Å²) < 4.78 is 0. The number of halogens is 2. The van der Waals surface area contributed by atoms with Crippen molar-refractivity contribution in [3.63, 3.8) is 0 Å². The number of alkyl halides is 2. The van der Waals surface area contributed by atoms with Gasteiger partial charge in [0.1, 0.15) is 5.65 Å². The first-order valence-electron chi connectivity index (χ1n) is 11.7. The summed E-state index contributed by atoms with van der Waals surface area (Å²) in [6, 6.07) is 12.1. The van der Waals surface area contributed by atoms with E-state index in [0.29, 0.717) is 47.1 Å². The van der Waals surface area contributed by atoms with Gasteiger partial charge in [-0.05, 0) is 54.7 Å². The number of hydrogen-bond acceptors (Lipinski definition) is 6. The SMILES string of the molecule is Nc1nc2[nH]cc(CCc3ccc(C(=O)NCCc4ccc(N(CCCl)CCCl)cc4)s3)c2c(=O)[nH]1. The molecule has 0 saturated carbocycles. The molecule has 5 N–H and O–H groups in total. The minimum Gasteiger partial charge on any atom is -0.369 e. The van der Waals surface area contributed by atoms with Gasteiger partial charge < -0.3 is 20.9 Å². The molecule has 4 aromatic rings. The highest BCUT2D eigenvalue weighted by Gasteiger charge is 2.13. The highest BCUT2D eigenvalue weighted by Crippen LogP contribution is 2.21. The molecule has 190 valence electrons. The van der Waals surface area contributed by atoms with Crippen molar-refractivity contribution in [1.82, 2.24) is 20.3 Å². The van der Waals surface area contributed by atoms with Crippen LogP contribution in [0.15, 0.2) is 47.4 Å². The summed E-state index contributed by atoms with van der Waals surface area (Å²) in [4.78, 5) is 38.4. The third-order valence-electron chi connectivity index (χ3n) is 5.88. The van der Waals surface area contributed by atoms with Crippen LogP contribution in [0.3, 0.4) is 0 Å². The number of amides is 1. The van der Waals surface area contributed by atoms with Gasteiger partial charge in [0, 0.05) is 48.2 Å². The Kier molecular flexibility index (Phi) is 8.90. The molecule has 0 unspecified atom stereocenters. The number of aromatic amines is 2. The number of anilines is 2. The van der Waals surface area contributed by atoms with E-state index in [1.165, 1.54) is 11.3 Å². The van der Waals surface area contributed by atoms with Gasteiger partial charge in [-0.25, -0.2) is 0 Å². The number of carbonyl (C=O) groups excluding carboxylic acids is 1. The van der Waals surface area contributed by atoms with Crippen molar-refractivity contribution in [3.05, 3.63) is 73.8 Å². The van der Waals surface area contributed by atoms with Gasteiger partial charge in [0.15, 0.2) is 0 Å². The fourth-order valence-electron chi connectivity index (χ4n) is 4.06. The number of fused-ring (bicyclic) bond motifs is 1. The topological polar surface area (TPSA) is 120 Å². The van der Waals surface area contributed by atoms with Crippen molar-refractivity contribution in [2.75, 3.05) is 42.0 Å². The van der Waals surface area contributed by atoms with Gasteiger partial charge in [0.05, 0.1) is 10.3 Å². The lowest BCUT2D eigenvalue weighted by molar-refractivity contribution is 0.0958. The second kappa shape index (κ2) is 12.3. The quantitative estimate of drug-likeness (QED) is 0.200. The summed E-state index contributed by atoms with van der Waals surface area (Å²) in [5, 5.41) is 3.53. The minimum atomic E-state index is -0.252. The molecule has 11 heteroatoms. The number of hydrogen-bond donors (Lipinski definition) is 4. The lowest BCUT2D eigenvalue weighted by Crippen LogP contribution is -2.27. The van der Waals surface area contributed by atoms with E-state index in [-0.39, 0.29) is 17.4 Å². The van der Waals surface area contributed by atoms with Crippen molar-refractivity contribution in [3.8, 4) is 0 Å². The van der Waals surface area contributed by atoms with Crippen LogP contribution in [0.4, 0.5) is 11.6 Å². The van der Waals surface area contributed by atoms with Gasteiger partial charge >= 0.3 is 0 Å². The monoisotopic (exact) mass is 546 g/mol. The third-order valence-corrected chi connectivity index (χ3v) is 7.36. The Morgan fingerprint density at radius 2 is 1.81 bits per heavy atom. The molecule has 0 radical (unpaired) electrons. The summed E-state index contributed by atoms with van der Waals surface area (Å²) in [5.74, 6) is 1.10. The van der Waals surface area contributed by atoms with Crippen molar-refractivity contribution >= 4 is 63.1 Å². The van der Waals surface area contributed by atoms with E-state index in [4.69, 9.17) is 28.9 Å². The number of nitrogen functional groups attached to an aromatic ring is 1. The number of H-pyrrole nitrogens is 2. The molecule has 0 atom stereocenters. The van der Waals surface area contributed by atoms with E-state index < -0.39 is 0 Å². The number of carbonyl (C=O) groups is 1. The zero-order valence-electron chi connectivity index (χ0n) is 19.7. The highest BCUT2D eigenvalue weighted by atomic mass is 35.5. The number of nitrogens with two attached hydrogens (primary N) is 1. The molecule has 1 amide bonds. The van der Waals surface area contributed by atoms with Gasteiger partial charge in [0.2, 0.25) is 5.95 Å². The summed E-state index contributed by atoms with van der Waals surface area (Å²) in [5.41, 5.74) is 8.94. The van der Waals surface area contributed by atoms with E-state index in [9.17, 15) is 9.59 Å².